The molecule has 2 aromatic carbocycles. The van der Waals surface area contributed by atoms with E-state index in [0.717, 1.165) is 51.6 Å². The molecule has 1 aromatic heterocycles. The number of ether oxygens (including phenoxy) is 1. The Bertz CT molecular complexity index is 1120. The molecule has 2 aliphatic rings. The minimum absolute atomic E-state index is 0.447. The van der Waals surface area contributed by atoms with Crippen molar-refractivity contribution in [3.63, 3.8) is 0 Å². The number of pyridine rings is 1. The van der Waals surface area contributed by atoms with Crippen LogP contribution in [0.15, 0.2) is 66.9 Å². The molecule has 0 N–H and O–H groups in total. The summed E-state index contributed by atoms with van der Waals surface area (Å²) in [5.41, 5.74) is 3.83. The second-order valence-electron chi connectivity index (χ2n) is 9.71. The van der Waals surface area contributed by atoms with Gasteiger partial charge < -0.3 is 4.74 Å². The van der Waals surface area contributed by atoms with E-state index < -0.39 is 0 Å². The van der Waals surface area contributed by atoms with Crippen molar-refractivity contribution in [2.45, 2.75) is 38.6 Å². The van der Waals surface area contributed by atoms with Crippen molar-refractivity contribution >= 4 is 11.6 Å². The van der Waals surface area contributed by atoms with Crippen LogP contribution in [0.5, 0.6) is 5.75 Å². The highest BCUT2D eigenvalue weighted by atomic mass is 35.5. The first kappa shape index (κ1) is 23.0. The van der Waals surface area contributed by atoms with Crippen molar-refractivity contribution in [1.82, 2.24) is 9.88 Å². The molecule has 174 valence electrons. The van der Waals surface area contributed by atoms with Crippen LogP contribution in [0.4, 0.5) is 0 Å². The fourth-order valence-corrected chi connectivity index (χ4v) is 4.20. The quantitative estimate of drug-likeness (QED) is 0.326. The third-order valence-electron chi connectivity index (χ3n) is 6.62. The van der Waals surface area contributed by atoms with Crippen LogP contribution in [-0.4, -0.2) is 35.6 Å². The molecular weight excluding hydrogens is 440 g/mol. The van der Waals surface area contributed by atoms with E-state index in [2.05, 4.69) is 28.6 Å². The van der Waals surface area contributed by atoms with Crippen molar-refractivity contribution in [2.75, 3.05) is 19.7 Å². The molecule has 0 radical (unpaired) electrons. The highest BCUT2D eigenvalue weighted by molar-refractivity contribution is 6.30. The van der Waals surface area contributed by atoms with Gasteiger partial charge in [-0.25, -0.2) is 4.98 Å². The van der Waals surface area contributed by atoms with Gasteiger partial charge in [0.15, 0.2) is 0 Å². The second kappa shape index (κ2) is 10.6. The number of halogens is 1. The van der Waals surface area contributed by atoms with Crippen molar-refractivity contribution in [1.29, 1.82) is 0 Å². The molecule has 2 aliphatic carbocycles. The average Bonchev–Trinajstić information content (AvgIpc) is 3.80. The molecule has 2 saturated carbocycles. The SMILES string of the molecule is C[C@@H](COc1ccc(C#Cc2ccc(-c3ccc(Cl)cc3)cn2)cc1)N(CC1CC1)CC1CC1. The predicted octanol–water partition coefficient (Wildman–Crippen LogP) is 6.69. The zero-order valence-corrected chi connectivity index (χ0v) is 20.5. The van der Waals surface area contributed by atoms with E-state index in [-0.39, 0.29) is 0 Å². The van der Waals surface area contributed by atoms with Gasteiger partial charge in [0.05, 0.1) is 0 Å². The summed E-state index contributed by atoms with van der Waals surface area (Å²) in [5, 5.41) is 0.731. The molecule has 1 atom stereocenters. The van der Waals surface area contributed by atoms with Gasteiger partial charge >= 0.3 is 0 Å². The van der Waals surface area contributed by atoms with Crippen LogP contribution in [0.25, 0.3) is 11.1 Å². The Balaban J connectivity index is 1.14. The molecule has 0 aliphatic heterocycles. The lowest BCUT2D eigenvalue weighted by Gasteiger charge is -2.29. The van der Waals surface area contributed by atoms with Crippen LogP contribution in [0.3, 0.4) is 0 Å². The van der Waals surface area contributed by atoms with Gasteiger partial charge in [-0.15, -0.1) is 0 Å². The van der Waals surface area contributed by atoms with E-state index in [0.29, 0.717) is 6.04 Å². The third kappa shape index (κ3) is 6.63. The summed E-state index contributed by atoms with van der Waals surface area (Å²) in [4.78, 5) is 7.14. The first-order valence-electron chi connectivity index (χ1n) is 12.3. The largest absolute Gasteiger partial charge is 0.492 e. The molecule has 3 nitrogen and oxygen atoms in total. The highest BCUT2D eigenvalue weighted by Gasteiger charge is 2.31. The van der Waals surface area contributed by atoms with E-state index in [1.54, 1.807) is 0 Å². The Morgan fingerprint density at radius 2 is 1.53 bits per heavy atom. The van der Waals surface area contributed by atoms with Crippen LogP contribution >= 0.6 is 11.6 Å². The standard InChI is InChI=1S/C30H31ClN2O/c1-22(33(19-24-2-3-24)20-25-4-5-25)21-34-30-16-7-23(8-17-30)6-14-29-15-11-27(18-32-29)26-9-12-28(31)13-10-26/h7-13,15-18,22,24-25H,2-5,19-21H2,1H3/t22-/m0/s1. The lowest BCUT2D eigenvalue weighted by Crippen LogP contribution is -2.40. The maximum atomic E-state index is 6.12. The Labute approximate surface area is 208 Å². The Kier molecular flexibility index (Phi) is 7.19. The Hall–Kier alpha value is -2.80. The minimum atomic E-state index is 0.447. The highest BCUT2D eigenvalue weighted by Crippen LogP contribution is 2.34. The van der Waals surface area contributed by atoms with Gasteiger partial charge in [0.1, 0.15) is 18.1 Å². The second-order valence-corrected chi connectivity index (χ2v) is 10.2. The van der Waals surface area contributed by atoms with Gasteiger partial charge in [-0.3, -0.25) is 4.90 Å². The maximum Gasteiger partial charge on any atom is 0.119 e. The van der Waals surface area contributed by atoms with E-state index in [1.807, 2.05) is 66.9 Å². The summed E-state index contributed by atoms with van der Waals surface area (Å²) in [7, 11) is 0. The normalized spacial score (nSPS) is 16.1. The molecule has 34 heavy (non-hydrogen) atoms. The van der Waals surface area contributed by atoms with E-state index in [9.17, 15) is 0 Å². The molecule has 3 aromatic rings. The van der Waals surface area contributed by atoms with Gasteiger partial charge in [0.25, 0.3) is 0 Å². The Morgan fingerprint density at radius 3 is 2.12 bits per heavy atom. The van der Waals surface area contributed by atoms with Gasteiger partial charge in [-0.1, -0.05) is 35.7 Å². The molecule has 0 spiro atoms. The summed E-state index contributed by atoms with van der Waals surface area (Å²) in [6.45, 7) is 5.51. The van der Waals surface area contributed by atoms with Crippen LogP contribution < -0.4 is 4.74 Å². The summed E-state index contributed by atoms with van der Waals surface area (Å²) in [6.07, 6.45) is 7.46. The molecule has 2 fully saturated rings. The molecule has 0 bridgehead atoms. The monoisotopic (exact) mass is 470 g/mol. The summed E-state index contributed by atoms with van der Waals surface area (Å²) in [5.74, 6) is 9.09. The first-order chi connectivity index (χ1) is 16.6. The summed E-state index contributed by atoms with van der Waals surface area (Å²) in [6, 6.07) is 20.2. The lowest BCUT2D eigenvalue weighted by molar-refractivity contribution is 0.135. The van der Waals surface area contributed by atoms with Crippen LogP contribution in [0.1, 0.15) is 43.9 Å². The number of benzene rings is 2. The molecular formula is C30H31ClN2O. The zero-order valence-electron chi connectivity index (χ0n) is 19.7. The lowest BCUT2D eigenvalue weighted by atomic mass is 10.1. The summed E-state index contributed by atoms with van der Waals surface area (Å²) >= 11 is 5.97. The fourth-order valence-electron chi connectivity index (χ4n) is 4.07. The third-order valence-corrected chi connectivity index (χ3v) is 6.88. The number of hydrogen-bond acceptors (Lipinski definition) is 3. The van der Waals surface area contributed by atoms with E-state index >= 15 is 0 Å². The van der Waals surface area contributed by atoms with Crippen molar-refractivity contribution in [3.8, 4) is 28.7 Å². The topological polar surface area (TPSA) is 25.4 Å². The molecule has 1 heterocycles. The smallest absolute Gasteiger partial charge is 0.119 e. The molecule has 0 unspecified atom stereocenters. The van der Waals surface area contributed by atoms with E-state index in [1.165, 1.54) is 38.8 Å². The molecule has 0 amide bonds. The van der Waals surface area contributed by atoms with Crippen LogP contribution in [0.2, 0.25) is 5.02 Å². The van der Waals surface area contributed by atoms with Gasteiger partial charge in [0, 0.05) is 41.5 Å². The van der Waals surface area contributed by atoms with Gasteiger partial charge in [-0.2, -0.15) is 0 Å². The Morgan fingerprint density at radius 1 is 0.882 bits per heavy atom. The van der Waals surface area contributed by atoms with Crippen molar-refractivity contribution in [2.24, 2.45) is 11.8 Å². The average molecular weight is 471 g/mol. The fraction of sp³-hybridized carbons (Fsp3) is 0.367. The number of nitrogens with zero attached hydrogens (tertiary/aromatic N) is 2. The van der Waals surface area contributed by atoms with Crippen LogP contribution in [-0.2, 0) is 0 Å². The molecule has 5 rings (SSSR count). The number of rotatable bonds is 9. The van der Waals surface area contributed by atoms with Crippen molar-refractivity contribution < 1.29 is 4.74 Å². The zero-order chi connectivity index (χ0) is 23.3. The van der Waals surface area contributed by atoms with Crippen molar-refractivity contribution in [3.05, 3.63) is 83.1 Å². The maximum absolute atomic E-state index is 6.12. The van der Waals surface area contributed by atoms with Gasteiger partial charge in [0.2, 0.25) is 0 Å². The van der Waals surface area contributed by atoms with E-state index in [4.69, 9.17) is 16.3 Å². The summed E-state index contributed by atoms with van der Waals surface area (Å²) < 4.78 is 6.12. The number of hydrogen-bond donors (Lipinski definition) is 0. The van der Waals surface area contributed by atoms with Gasteiger partial charge in [-0.05, 0) is 98.4 Å². The minimum Gasteiger partial charge on any atom is -0.492 e. The van der Waals surface area contributed by atoms with Crippen LogP contribution in [0, 0.1) is 23.7 Å². The molecule has 4 heteroatoms. The molecule has 0 saturated heterocycles. The number of aromatic nitrogens is 1. The predicted molar refractivity (Wildman–Crippen MR) is 139 cm³/mol. The first-order valence-corrected chi connectivity index (χ1v) is 12.7.